The summed E-state index contributed by atoms with van der Waals surface area (Å²) in [5.41, 5.74) is 5.33. The van der Waals surface area contributed by atoms with Gasteiger partial charge in [0.25, 0.3) is 5.91 Å². The number of nitrogens with two attached hydrogens (primary N) is 1. The number of phenolic OH excluding ortho intramolecular Hbond substituents is 2. The Balaban J connectivity index is 2.82. The van der Waals surface area contributed by atoms with E-state index in [0.717, 1.165) is 0 Å². The van der Waals surface area contributed by atoms with Crippen LogP contribution in [0.1, 0.15) is 17.3 Å². The van der Waals surface area contributed by atoms with Crippen molar-refractivity contribution in [2.24, 2.45) is 5.73 Å². The van der Waals surface area contributed by atoms with Crippen LogP contribution in [0.4, 0.5) is 0 Å². The van der Waals surface area contributed by atoms with Crippen molar-refractivity contribution in [3.63, 3.8) is 0 Å². The van der Waals surface area contributed by atoms with Crippen LogP contribution in [0.3, 0.4) is 0 Å². The van der Waals surface area contributed by atoms with Crippen LogP contribution in [0.15, 0.2) is 18.2 Å². The molecule has 0 bridgehead atoms. The van der Waals surface area contributed by atoms with E-state index >= 15 is 0 Å². The number of carbonyl (C=O) groups is 1. The van der Waals surface area contributed by atoms with Gasteiger partial charge in [0, 0.05) is 12.6 Å². The predicted molar refractivity (Wildman–Crippen MR) is 55.8 cm³/mol. The van der Waals surface area contributed by atoms with E-state index in [2.05, 4.69) is 5.32 Å². The van der Waals surface area contributed by atoms with Gasteiger partial charge in [-0.05, 0) is 19.1 Å². The molecule has 1 atom stereocenters. The topological polar surface area (TPSA) is 95.6 Å². The first-order chi connectivity index (χ1) is 7.02. The average Bonchev–Trinajstić information content (AvgIpc) is 2.14. The Labute approximate surface area is 87.5 Å². The third-order valence-electron chi connectivity index (χ3n) is 1.83. The average molecular weight is 210 g/mol. The van der Waals surface area contributed by atoms with Gasteiger partial charge >= 0.3 is 0 Å². The second-order valence-corrected chi connectivity index (χ2v) is 3.36. The maximum atomic E-state index is 11.5. The predicted octanol–water partition coefficient (Wildman–Crippen LogP) is 0.175. The Kier molecular flexibility index (Phi) is 3.51. The third-order valence-corrected chi connectivity index (χ3v) is 1.83. The lowest BCUT2D eigenvalue weighted by molar-refractivity contribution is 0.0946. The first-order valence-corrected chi connectivity index (χ1v) is 4.57. The van der Waals surface area contributed by atoms with Crippen molar-refractivity contribution in [3.05, 3.63) is 23.8 Å². The summed E-state index contributed by atoms with van der Waals surface area (Å²) in [7, 11) is 0. The summed E-state index contributed by atoms with van der Waals surface area (Å²) in [6.07, 6.45) is 0. The zero-order valence-electron chi connectivity index (χ0n) is 8.40. The highest BCUT2D eigenvalue weighted by Gasteiger charge is 2.15. The summed E-state index contributed by atoms with van der Waals surface area (Å²) in [6.45, 7) is 2.03. The number of carbonyl (C=O) groups excluding carboxylic acids is 1. The summed E-state index contributed by atoms with van der Waals surface area (Å²) in [6, 6.07) is 3.94. The molecule has 5 N–H and O–H groups in total. The highest BCUT2D eigenvalue weighted by atomic mass is 16.3. The van der Waals surface area contributed by atoms with Crippen LogP contribution in [0.25, 0.3) is 0 Å². The van der Waals surface area contributed by atoms with Crippen molar-refractivity contribution in [3.8, 4) is 11.5 Å². The van der Waals surface area contributed by atoms with Crippen LogP contribution in [-0.4, -0.2) is 28.7 Å². The van der Waals surface area contributed by atoms with E-state index in [1.54, 1.807) is 6.92 Å². The molecule has 0 aliphatic heterocycles. The molecule has 0 heterocycles. The SMILES string of the molecule is CC(N)CNC(=O)c1c(O)cccc1O. The number of hydrogen-bond acceptors (Lipinski definition) is 4. The van der Waals surface area contributed by atoms with Crippen molar-refractivity contribution in [2.75, 3.05) is 6.54 Å². The molecule has 1 aromatic carbocycles. The van der Waals surface area contributed by atoms with Crippen LogP contribution in [0, 0.1) is 0 Å². The number of phenols is 2. The summed E-state index contributed by atoms with van der Waals surface area (Å²) in [4.78, 5) is 11.5. The molecule has 0 aliphatic carbocycles. The Morgan fingerprint density at radius 1 is 1.47 bits per heavy atom. The highest BCUT2D eigenvalue weighted by molar-refractivity contribution is 5.99. The third kappa shape index (κ3) is 2.85. The van der Waals surface area contributed by atoms with E-state index in [0.29, 0.717) is 0 Å². The van der Waals surface area contributed by atoms with E-state index in [9.17, 15) is 15.0 Å². The van der Waals surface area contributed by atoms with Crippen LogP contribution in [0.5, 0.6) is 11.5 Å². The van der Waals surface area contributed by atoms with Gasteiger partial charge in [-0.25, -0.2) is 0 Å². The van der Waals surface area contributed by atoms with Crippen molar-refractivity contribution in [2.45, 2.75) is 13.0 Å². The molecule has 1 amide bonds. The number of aromatic hydroxyl groups is 2. The maximum absolute atomic E-state index is 11.5. The molecule has 1 aromatic rings. The van der Waals surface area contributed by atoms with Gasteiger partial charge in [0.1, 0.15) is 17.1 Å². The Morgan fingerprint density at radius 2 is 2.00 bits per heavy atom. The maximum Gasteiger partial charge on any atom is 0.258 e. The number of benzene rings is 1. The Morgan fingerprint density at radius 3 is 2.47 bits per heavy atom. The molecule has 5 nitrogen and oxygen atoms in total. The van der Waals surface area contributed by atoms with Gasteiger partial charge < -0.3 is 21.3 Å². The first kappa shape index (κ1) is 11.3. The molecule has 0 aliphatic rings. The zero-order valence-corrected chi connectivity index (χ0v) is 8.40. The molecular weight excluding hydrogens is 196 g/mol. The van der Waals surface area contributed by atoms with Crippen molar-refractivity contribution >= 4 is 5.91 Å². The summed E-state index contributed by atoms with van der Waals surface area (Å²) in [5, 5.41) is 21.2. The molecule has 0 fully saturated rings. The standard InChI is InChI=1S/C10H14N2O3/c1-6(11)5-12-10(15)9-7(13)3-2-4-8(9)14/h2-4,6,13-14H,5,11H2,1H3,(H,12,15). The van der Waals surface area contributed by atoms with E-state index in [4.69, 9.17) is 5.73 Å². The number of rotatable bonds is 3. The lowest BCUT2D eigenvalue weighted by Crippen LogP contribution is -2.35. The molecule has 0 aromatic heterocycles. The van der Waals surface area contributed by atoms with Crippen LogP contribution in [-0.2, 0) is 0 Å². The minimum Gasteiger partial charge on any atom is -0.507 e. The number of nitrogens with one attached hydrogen (secondary N) is 1. The molecule has 0 saturated heterocycles. The van der Waals surface area contributed by atoms with E-state index < -0.39 is 5.91 Å². The second-order valence-electron chi connectivity index (χ2n) is 3.36. The lowest BCUT2D eigenvalue weighted by atomic mass is 10.1. The lowest BCUT2D eigenvalue weighted by Gasteiger charge is -2.09. The molecule has 5 heteroatoms. The van der Waals surface area contributed by atoms with Gasteiger partial charge in [-0.2, -0.15) is 0 Å². The highest BCUT2D eigenvalue weighted by Crippen LogP contribution is 2.25. The fraction of sp³-hybridized carbons (Fsp3) is 0.300. The van der Waals surface area contributed by atoms with Crippen LogP contribution in [0.2, 0.25) is 0 Å². The molecule has 1 unspecified atom stereocenters. The van der Waals surface area contributed by atoms with E-state index in [1.807, 2.05) is 0 Å². The molecule has 0 radical (unpaired) electrons. The summed E-state index contributed by atoms with van der Waals surface area (Å²) < 4.78 is 0. The Bertz CT molecular complexity index is 343. The fourth-order valence-electron chi connectivity index (χ4n) is 1.10. The monoisotopic (exact) mass is 210 g/mol. The number of amides is 1. The molecule has 15 heavy (non-hydrogen) atoms. The normalized spacial score (nSPS) is 12.1. The van der Waals surface area contributed by atoms with Gasteiger partial charge in [-0.3, -0.25) is 4.79 Å². The quantitative estimate of drug-likeness (QED) is 0.572. The van der Waals surface area contributed by atoms with Gasteiger partial charge in [0.2, 0.25) is 0 Å². The van der Waals surface area contributed by atoms with E-state index in [-0.39, 0.29) is 29.6 Å². The van der Waals surface area contributed by atoms with Gasteiger partial charge in [0.05, 0.1) is 0 Å². The molecule has 82 valence electrons. The molecule has 1 rings (SSSR count). The summed E-state index contributed by atoms with van der Waals surface area (Å²) >= 11 is 0. The smallest absolute Gasteiger partial charge is 0.258 e. The zero-order chi connectivity index (χ0) is 11.4. The minimum atomic E-state index is -0.539. The molecular formula is C10H14N2O3. The minimum absolute atomic E-state index is 0.127. The van der Waals surface area contributed by atoms with Crippen molar-refractivity contribution in [1.82, 2.24) is 5.32 Å². The number of hydrogen-bond donors (Lipinski definition) is 4. The first-order valence-electron chi connectivity index (χ1n) is 4.57. The van der Waals surface area contributed by atoms with Crippen LogP contribution >= 0.6 is 0 Å². The van der Waals surface area contributed by atoms with Gasteiger partial charge in [-0.15, -0.1) is 0 Å². The van der Waals surface area contributed by atoms with Crippen molar-refractivity contribution in [1.29, 1.82) is 0 Å². The fourth-order valence-corrected chi connectivity index (χ4v) is 1.10. The van der Waals surface area contributed by atoms with Crippen molar-refractivity contribution < 1.29 is 15.0 Å². The van der Waals surface area contributed by atoms with Gasteiger partial charge in [0.15, 0.2) is 0 Å². The van der Waals surface area contributed by atoms with Crippen LogP contribution < -0.4 is 11.1 Å². The van der Waals surface area contributed by atoms with Gasteiger partial charge in [-0.1, -0.05) is 6.07 Å². The second kappa shape index (κ2) is 4.65. The molecule has 0 spiro atoms. The largest absolute Gasteiger partial charge is 0.507 e. The summed E-state index contributed by atoms with van der Waals surface area (Å²) in [5.74, 6) is -1.04. The van der Waals surface area contributed by atoms with E-state index in [1.165, 1.54) is 18.2 Å². The Hall–Kier alpha value is -1.75. The molecule has 0 saturated carbocycles.